The number of aliphatic carboxylic acids is 1. The Morgan fingerprint density at radius 1 is 1.21 bits per heavy atom. The van der Waals surface area contributed by atoms with Crippen LogP contribution in [0.3, 0.4) is 0 Å². The third-order valence-electron chi connectivity index (χ3n) is 2.58. The predicted molar refractivity (Wildman–Crippen MR) is 68.6 cm³/mol. The van der Waals surface area contributed by atoms with E-state index in [-0.39, 0.29) is 17.2 Å². The van der Waals surface area contributed by atoms with Gasteiger partial charge in [-0.25, -0.2) is 9.59 Å². The van der Waals surface area contributed by atoms with E-state index in [0.29, 0.717) is 13.0 Å². The third kappa shape index (κ3) is 6.56. The lowest BCUT2D eigenvalue weighted by atomic mass is 10.1. The minimum atomic E-state index is -1.19. The van der Waals surface area contributed by atoms with E-state index in [2.05, 4.69) is 10.6 Å². The van der Waals surface area contributed by atoms with Crippen molar-refractivity contribution >= 4 is 17.9 Å². The SMILES string of the molecule is COCCC(C)NC(=O)NC(=O)C(C)=C(C)C(=O)O. The number of nitrogens with one attached hydrogen (secondary N) is 2. The summed E-state index contributed by atoms with van der Waals surface area (Å²) in [6.45, 7) is 4.91. The van der Waals surface area contributed by atoms with Crippen LogP contribution in [0.25, 0.3) is 0 Å². The van der Waals surface area contributed by atoms with Crippen LogP contribution in [0.4, 0.5) is 4.79 Å². The van der Waals surface area contributed by atoms with Gasteiger partial charge in [0.1, 0.15) is 0 Å². The Morgan fingerprint density at radius 3 is 2.26 bits per heavy atom. The maximum atomic E-state index is 11.6. The van der Waals surface area contributed by atoms with Crippen LogP contribution in [0.2, 0.25) is 0 Å². The van der Waals surface area contributed by atoms with E-state index < -0.39 is 17.9 Å². The van der Waals surface area contributed by atoms with Gasteiger partial charge < -0.3 is 15.2 Å². The number of carboxylic acid groups (broad SMARTS) is 1. The highest BCUT2D eigenvalue weighted by Gasteiger charge is 2.16. The minimum absolute atomic E-state index is 0.00723. The molecule has 0 saturated carbocycles. The zero-order chi connectivity index (χ0) is 15.0. The number of methoxy groups -OCH3 is 1. The molecule has 0 heterocycles. The molecule has 0 aromatic carbocycles. The average Bonchev–Trinajstić information content (AvgIpc) is 2.33. The van der Waals surface area contributed by atoms with Crippen molar-refractivity contribution in [3.63, 3.8) is 0 Å². The number of hydrogen-bond donors (Lipinski definition) is 3. The quantitative estimate of drug-likeness (QED) is 0.616. The van der Waals surface area contributed by atoms with Gasteiger partial charge in [-0.2, -0.15) is 0 Å². The van der Waals surface area contributed by atoms with Crippen molar-refractivity contribution in [2.24, 2.45) is 0 Å². The number of urea groups is 1. The predicted octanol–water partition coefficient (Wildman–Crippen LogP) is 0.658. The molecule has 0 spiro atoms. The molecule has 0 fully saturated rings. The summed E-state index contributed by atoms with van der Waals surface area (Å²) in [4.78, 5) is 33.7. The molecular formula is C12H20N2O5. The number of carboxylic acids is 1. The molecule has 1 unspecified atom stereocenters. The molecule has 0 aliphatic rings. The van der Waals surface area contributed by atoms with Gasteiger partial charge in [0.2, 0.25) is 0 Å². The Hall–Kier alpha value is -1.89. The summed E-state index contributed by atoms with van der Waals surface area (Å²) >= 11 is 0. The van der Waals surface area contributed by atoms with Gasteiger partial charge in [-0.3, -0.25) is 10.1 Å². The zero-order valence-corrected chi connectivity index (χ0v) is 11.6. The van der Waals surface area contributed by atoms with Gasteiger partial charge in [0.05, 0.1) is 0 Å². The van der Waals surface area contributed by atoms with Crippen molar-refractivity contribution in [2.75, 3.05) is 13.7 Å². The number of amides is 3. The molecule has 3 N–H and O–H groups in total. The Morgan fingerprint density at radius 2 is 1.79 bits per heavy atom. The van der Waals surface area contributed by atoms with E-state index >= 15 is 0 Å². The summed E-state index contributed by atoms with van der Waals surface area (Å²) in [5, 5.41) is 13.3. The monoisotopic (exact) mass is 272 g/mol. The molecular weight excluding hydrogens is 252 g/mol. The molecule has 19 heavy (non-hydrogen) atoms. The number of imide groups is 1. The van der Waals surface area contributed by atoms with E-state index in [1.807, 2.05) is 0 Å². The maximum absolute atomic E-state index is 11.6. The summed E-state index contributed by atoms with van der Waals surface area (Å²) in [6.07, 6.45) is 0.612. The molecule has 7 heteroatoms. The highest BCUT2D eigenvalue weighted by atomic mass is 16.5. The van der Waals surface area contributed by atoms with Gasteiger partial charge in [0.15, 0.2) is 0 Å². The van der Waals surface area contributed by atoms with Crippen LogP contribution in [0.1, 0.15) is 27.2 Å². The molecule has 0 radical (unpaired) electrons. The topological polar surface area (TPSA) is 105 Å². The van der Waals surface area contributed by atoms with E-state index in [9.17, 15) is 14.4 Å². The van der Waals surface area contributed by atoms with Gasteiger partial charge >= 0.3 is 12.0 Å². The van der Waals surface area contributed by atoms with Gasteiger partial charge in [-0.05, 0) is 27.2 Å². The van der Waals surface area contributed by atoms with Crippen LogP contribution < -0.4 is 10.6 Å². The lowest BCUT2D eigenvalue weighted by molar-refractivity contribution is -0.133. The fourth-order valence-corrected chi connectivity index (χ4v) is 1.15. The molecule has 0 aromatic heterocycles. The summed E-state index contributed by atoms with van der Waals surface area (Å²) in [6, 6.07) is -0.816. The largest absolute Gasteiger partial charge is 0.478 e. The number of carbonyl (C=O) groups is 3. The van der Waals surface area contributed by atoms with Crippen LogP contribution in [-0.4, -0.2) is 42.8 Å². The number of ether oxygens (including phenoxy) is 1. The van der Waals surface area contributed by atoms with Crippen molar-refractivity contribution in [1.29, 1.82) is 0 Å². The molecule has 0 aromatic rings. The first-order valence-electron chi connectivity index (χ1n) is 5.81. The van der Waals surface area contributed by atoms with Crippen LogP contribution in [0.5, 0.6) is 0 Å². The summed E-state index contributed by atoms with van der Waals surface area (Å²) in [5.74, 6) is -1.92. The summed E-state index contributed by atoms with van der Waals surface area (Å²) in [7, 11) is 1.55. The van der Waals surface area contributed by atoms with E-state index in [4.69, 9.17) is 9.84 Å². The molecule has 7 nitrogen and oxygen atoms in total. The summed E-state index contributed by atoms with van der Waals surface area (Å²) in [5.41, 5.74) is -0.107. The highest BCUT2D eigenvalue weighted by Crippen LogP contribution is 2.03. The second kappa shape index (κ2) is 8.25. The average molecular weight is 272 g/mol. The first-order chi connectivity index (χ1) is 8.79. The Labute approximate surface area is 112 Å². The molecule has 0 aliphatic carbocycles. The molecule has 0 saturated heterocycles. The fraction of sp³-hybridized carbons (Fsp3) is 0.583. The van der Waals surface area contributed by atoms with Gasteiger partial charge in [-0.15, -0.1) is 0 Å². The van der Waals surface area contributed by atoms with E-state index in [1.54, 1.807) is 14.0 Å². The van der Waals surface area contributed by atoms with Crippen LogP contribution >= 0.6 is 0 Å². The molecule has 0 aliphatic heterocycles. The zero-order valence-electron chi connectivity index (χ0n) is 11.6. The van der Waals surface area contributed by atoms with Crippen molar-refractivity contribution < 1.29 is 24.2 Å². The molecule has 1 atom stereocenters. The number of carbonyl (C=O) groups excluding carboxylic acids is 2. The first kappa shape index (κ1) is 17.1. The van der Waals surface area contributed by atoms with Crippen molar-refractivity contribution in [2.45, 2.75) is 33.2 Å². The lowest BCUT2D eigenvalue weighted by Crippen LogP contribution is -2.44. The standard InChI is InChI=1S/C12H20N2O5/c1-7(5-6-19-4)13-12(18)14-10(15)8(2)9(3)11(16)17/h7H,5-6H2,1-4H3,(H,16,17)(H2,13,14,15,18). The molecule has 0 bridgehead atoms. The Kier molecular flexibility index (Phi) is 7.43. The molecule has 0 rings (SSSR count). The van der Waals surface area contributed by atoms with Gasteiger partial charge in [0.25, 0.3) is 5.91 Å². The van der Waals surface area contributed by atoms with Gasteiger partial charge in [0, 0.05) is 30.9 Å². The first-order valence-corrected chi connectivity index (χ1v) is 5.81. The fourth-order valence-electron chi connectivity index (χ4n) is 1.15. The molecule has 3 amide bonds. The Bertz CT molecular complexity index is 390. The lowest BCUT2D eigenvalue weighted by Gasteiger charge is -2.13. The Balaban J connectivity index is 4.38. The van der Waals surface area contributed by atoms with Crippen molar-refractivity contribution in [3.8, 4) is 0 Å². The minimum Gasteiger partial charge on any atom is -0.478 e. The number of hydrogen-bond acceptors (Lipinski definition) is 4. The highest BCUT2D eigenvalue weighted by molar-refractivity contribution is 6.07. The summed E-state index contributed by atoms with van der Waals surface area (Å²) < 4.78 is 4.86. The normalized spacial score (nSPS) is 13.3. The van der Waals surface area contributed by atoms with E-state index in [0.717, 1.165) is 0 Å². The van der Waals surface area contributed by atoms with E-state index in [1.165, 1.54) is 13.8 Å². The smallest absolute Gasteiger partial charge is 0.331 e. The van der Waals surface area contributed by atoms with Crippen LogP contribution in [0, 0.1) is 0 Å². The number of rotatable bonds is 6. The van der Waals surface area contributed by atoms with Crippen molar-refractivity contribution in [1.82, 2.24) is 10.6 Å². The van der Waals surface area contributed by atoms with Crippen molar-refractivity contribution in [3.05, 3.63) is 11.1 Å². The maximum Gasteiger partial charge on any atom is 0.331 e. The molecule has 108 valence electrons. The second-order valence-corrected chi connectivity index (χ2v) is 4.17. The van der Waals surface area contributed by atoms with Gasteiger partial charge in [-0.1, -0.05) is 0 Å². The third-order valence-corrected chi connectivity index (χ3v) is 2.58. The second-order valence-electron chi connectivity index (χ2n) is 4.17. The van der Waals surface area contributed by atoms with Crippen LogP contribution in [0.15, 0.2) is 11.1 Å². The van der Waals surface area contributed by atoms with Crippen LogP contribution in [-0.2, 0) is 14.3 Å².